The standard InChI is InChI=1S/C32H49IO5/c1-17(2)18(3)30(38-21(6)35)29(33)19(4)24-11-12-25-23-10-9-22-15-27(36)28(37-20(5)34)16-32(22,8)26(23)13-14-31(24,25)7/h17-19,22,24,26,28-30H,9-16H2,1-8H3/t18-,19+,22?,24-,26+,28?,29+,30-,31-,32+/m1/s1. The zero-order valence-electron chi connectivity index (χ0n) is 24.8. The highest BCUT2D eigenvalue weighted by Gasteiger charge is 2.58. The van der Waals surface area contributed by atoms with Crippen LogP contribution in [0.25, 0.3) is 0 Å². The Morgan fingerprint density at radius 3 is 2.29 bits per heavy atom. The first-order valence-electron chi connectivity index (χ1n) is 14.9. The van der Waals surface area contributed by atoms with Crippen LogP contribution in [0, 0.1) is 46.3 Å². The maximum Gasteiger partial charge on any atom is 0.303 e. The summed E-state index contributed by atoms with van der Waals surface area (Å²) in [5.74, 6) is 2.21. The van der Waals surface area contributed by atoms with Crippen LogP contribution in [0.15, 0.2) is 11.1 Å². The summed E-state index contributed by atoms with van der Waals surface area (Å²) in [5.41, 5.74) is 3.55. The van der Waals surface area contributed by atoms with Gasteiger partial charge >= 0.3 is 11.9 Å². The lowest BCUT2D eigenvalue weighted by Crippen LogP contribution is -2.52. The molecule has 38 heavy (non-hydrogen) atoms. The van der Waals surface area contributed by atoms with Gasteiger partial charge in [-0.2, -0.15) is 0 Å². The number of carbonyl (C=O) groups excluding carboxylic acids is 3. The molecule has 0 aliphatic heterocycles. The number of Topliss-reactive ketones (excluding diaryl/α,β-unsaturated/α-hetero) is 1. The van der Waals surface area contributed by atoms with Crippen molar-refractivity contribution >= 4 is 40.3 Å². The lowest BCUT2D eigenvalue weighted by Gasteiger charge is -2.56. The average Bonchev–Trinajstić information content (AvgIpc) is 3.18. The Hall–Kier alpha value is -0.920. The van der Waals surface area contributed by atoms with E-state index in [0.29, 0.717) is 48.3 Å². The maximum absolute atomic E-state index is 12.8. The Morgan fingerprint density at radius 1 is 1.00 bits per heavy atom. The van der Waals surface area contributed by atoms with Crippen LogP contribution in [0.1, 0.15) is 107 Å². The molecule has 0 N–H and O–H groups in total. The van der Waals surface area contributed by atoms with E-state index in [2.05, 4.69) is 64.1 Å². The molecule has 0 radical (unpaired) electrons. The first-order valence-corrected chi connectivity index (χ1v) is 16.2. The van der Waals surface area contributed by atoms with Gasteiger partial charge in [0.2, 0.25) is 0 Å². The summed E-state index contributed by atoms with van der Waals surface area (Å²) in [6, 6.07) is 0. The Morgan fingerprint density at radius 2 is 1.68 bits per heavy atom. The summed E-state index contributed by atoms with van der Waals surface area (Å²) >= 11 is 2.58. The fraction of sp³-hybridized carbons (Fsp3) is 0.844. The highest BCUT2D eigenvalue weighted by Crippen LogP contribution is 2.66. The molecule has 0 aromatic heterocycles. The number of halogens is 1. The van der Waals surface area contributed by atoms with Gasteiger partial charge in [0.05, 0.1) is 3.92 Å². The minimum absolute atomic E-state index is 0.0125. The lowest BCUT2D eigenvalue weighted by molar-refractivity contribution is -0.162. The van der Waals surface area contributed by atoms with Crippen molar-refractivity contribution in [3.63, 3.8) is 0 Å². The molecular weight excluding hydrogens is 591 g/mol. The van der Waals surface area contributed by atoms with Gasteiger partial charge in [-0.25, -0.2) is 0 Å². The second-order valence-electron chi connectivity index (χ2n) is 13.9. The Labute approximate surface area is 243 Å². The van der Waals surface area contributed by atoms with E-state index in [4.69, 9.17) is 9.47 Å². The molecule has 10 atom stereocenters. The molecule has 0 amide bonds. The predicted molar refractivity (Wildman–Crippen MR) is 158 cm³/mol. The molecule has 0 saturated heterocycles. The fourth-order valence-corrected chi connectivity index (χ4v) is 10.4. The van der Waals surface area contributed by atoms with Crippen LogP contribution in [-0.2, 0) is 23.9 Å². The summed E-state index contributed by atoms with van der Waals surface area (Å²) in [6.07, 6.45) is 7.40. The van der Waals surface area contributed by atoms with Gasteiger partial charge in [-0.15, -0.1) is 0 Å². The van der Waals surface area contributed by atoms with Crippen molar-refractivity contribution in [2.24, 2.45) is 46.3 Å². The summed E-state index contributed by atoms with van der Waals surface area (Å²) in [6.45, 7) is 16.9. The van der Waals surface area contributed by atoms with E-state index in [1.54, 1.807) is 11.1 Å². The third-order valence-corrected chi connectivity index (χ3v) is 13.4. The molecule has 2 unspecified atom stereocenters. The van der Waals surface area contributed by atoms with Crippen LogP contribution in [-0.4, -0.2) is 33.9 Å². The summed E-state index contributed by atoms with van der Waals surface area (Å²) in [5, 5.41) is 0. The maximum atomic E-state index is 12.8. The van der Waals surface area contributed by atoms with Crippen molar-refractivity contribution in [3.8, 4) is 0 Å². The summed E-state index contributed by atoms with van der Waals surface area (Å²) in [4.78, 5) is 36.6. The molecule has 0 aromatic carbocycles. The molecule has 4 aliphatic rings. The fourth-order valence-electron chi connectivity index (χ4n) is 9.05. The topological polar surface area (TPSA) is 69.7 Å². The minimum atomic E-state index is -0.580. The molecule has 214 valence electrons. The largest absolute Gasteiger partial charge is 0.461 e. The number of hydrogen-bond acceptors (Lipinski definition) is 5. The van der Waals surface area contributed by atoms with Gasteiger partial charge in [0.1, 0.15) is 6.10 Å². The van der Waals surface area contributed by atoms with Crippen LogP contribution in [0.5, 0.6) is 0 Å². The molecule has 0 spiro atoms. The summed E-state index contributed by atoms with van der Waals surface area (Å²) < 4.78 is 11.8. The number of ketones is 1. The van der Waals surface area contributed by atoms with Crippen LogP contribution in [0.4, 0.5) is 0 Å². The molecule has 0 aromatic rings. The van der Waals surface area contributed by atoms with Gasteiger partial charge in [0, 0.05) is 20.3 Å². The molecular formula is C32H49IO5. The van der Waals surface area contributed by atoms with Gasteiger partial charge in [0.15, 0.2) is 11.9 Å². The van der Waals surface area contributed by atoms with E-state index >= 15 is 0 Å². The Kier molecular flexibility index (Phi) is 8.82. The van der Waals surface area contributed by atoms with Crippen molar-refractivity contribution in [1.82, 2.24) is 0 Å². The molecule has 6 heteroatoms. The van der Waals surface area contributed by atoms with E-state index in [1.165, 1.54) is 26.7 Å². The number of fused-ring (bicyclic) bond motifs is 4. The van der Waals surface area contributed by atoms with Crippen LogP contribution in [0.2, 0.25) is 0 Å². The minimum Gasteiger partial charge on any atom is -0.461 e. The number of ether oxygens (including phenoxy) is 2. The van der Waals surface area contributed by atoms with Crippen molar-refractivity contribution in [2.45, 2.75) is 123 Å². The van der Waals surface area contributed by atoms with E-state index in [1.807, 2.05) is 0 Å². The third-order valence-electron chi connectivity index (χ3n) is 11.5. The smallest absolute Gasteiger partial charge is 0.303 e. The molecule has 3 fully saturated rings. The third kappa shape index (κ3) is 5.25. The Bertz CT molecular complexity index is 986. The molecule has 3 saturated carbocycles. The SMILES string of the molecule is CC(=O)OC1C[C@@]2(C)C(CCC3=C4CC[C@H]([C@H](C)[C@H](I)[C@H](OC(C)=O)[C@H](C)C(C)C)[C@@]4(C)CC[C@@H]32)CC1=O. The first kappa shape index (κ1) is 30.0. The Balaban J connectivity index is 1.60. The second kappa shape index (κ2) is 11.2. The number of rotatable bonds is 7. The normalized spacial score (nSPS) is 38.0. The summed E-state index contributed by atoms with van der Waals surface area (Å²) in [7, 11) is 0. The highest BCUT2D eigenvalue weighted by molar-refractivity contribution is 14.1. The van der Waals surface area contributed by atoms with Gasteiger partial charge in [-0.1, -0.05) is 75.3 Å². The van der Waals surface area contributed by atoms with Crippen LogP contribution >= 0.6 is 22.6 Å². The number of hydrogen-bond donors (Lipinski definition) is 0. The van der Waals surface area contributed by atoms with Crippen molar-refractivity contribution < 1.29 is 23.9 Å². The molecule has 0 bridgehead atoms. The first-order chi connectivity index (χ1) is 17.7. The highest BCUT2D eigenvalue weighted by atomic mass is 127. The van der Waals surface area contributed by atoms with Crippen molar-refractivity contribution in [1.29, 1.82) is 0 Å². The lowest BCUT2D eigenvalue weighted by atomic mass is 9.48. The van der Waals surface area contributed by atoms with E-state index in [9.17, 15) is 14.4 Å². The van der Waals surface area contributed by atoms with Gasteiger partial charge in [-0.05, 0) is 91.3 Å². The zero-order valence-corrected chi connectivity index (χ0v) is 26.9. The molecule has 4 rings (SSSR count). The average molecular weight is 641 g/mol. The van der Waals surface area contributed by atoms with E-state index in [-0.39, 0.29) is 38.6 Å². The van der Waals surface area contributed by atoms with Gasteiger partial charge in [-0.3, -0.25) is 14.4 Å². The predicted octanol–water partition coefficient (Wildman–Crippen LogP) is 7.48. The molecule has 0 heterocycles. The molecule has 4 aliphatic carbocycles. The monoisotopic (exact) mass is 640 g/mol. The number of allylic oxidation sites excluding steroid dienone is 2. The second-order valence-corrected chi connectivity index (χ2v) is 15.3. The van der Waals surface area contributed by atoms with E-state index < -0.39 is 6.10 Å². The van der Waals surface area contributed by atoms with Gasteiger partial charge in [0.25, 0.3) is 0 Å². The van der Waals surface area contributed by atoms with Gasteiger partial charge < -0.3 is 9.47 Å². The van der Waals surface area contributed by atoms with Crippen molar-refractivity contribution in [2.75, 3.05) is 0 Å². The zero-order chi connectivity index (χ0) is 28.2. The van der Waals surface area contributed by atoms with E-state index in [0.717, 1.165) is 25.7 Å². The van der Waals surface area contributed by atoms with Crippen molar-refractivity contribution in [3.05, 3.63) is 11.1 Å². The quantitative estimate of drug-likeness (QED) is 0.125. The number of carbonyl (C=O) groups is 3. The van der Waals surface area contributed by atoms with Crippen LogP contribution in [0.3, 0.4) is 0 Å². The van der Waals surface area contributed by atoms with Crippen LogP contribution < -0.4 is 0 Å². The number of esters is 2. The molecule has 5 nitrogen and oxygen atoms in total. The number of alkyl halides is 1.